The van der Waals surface area contributed by atoms with Gasteiger partial charge in [-0.1, -0.05) is 135 Å². The molecular formula is C52H38N4. The van der Waals surface area contributed by atoms with E-state index in [-0.39, 0.29) is 5.41 Å². The molecule has 1 aliphatic rings. The third-order valence-electron chi connectivity index (χ3n) is 11.7. The van der Waals surface area contributed by atoms with Gasteiger partial charge in [-0.15, -0.1) is 0 Å². The molecule has 2 heterocycles. The molecule has 0 N–H and O–H groups in total. The van der Waals surface area contributed by atoms with Crippen molar-refractivity contribution in [3.63, 3.8) is 0 Å². The van der Waals surface area contributed by atoms with Crippen molar-refractivity contribution in [1.29, 1.82) is 0 Å². The number of anilines is 3. The minimum Gasteiger partial charge on any atom is -0.310 e. The minimum atomic E-state index is -0.110. The molecule has 10 aromatic rings. The molecule has 0 atom stereocenters. The maximum absolute atomic E-state index is 5.13. The van der Waals surface area contributed by atoms with E-state index >= 15 is 0 Å². The summed E-state index contributed by atoms with van der Waals surface area (Å²) >= 11 is 0. The number of aromatic nitrogens is 3. The number of hydrogen-bond acceptors (Lipinski definition) is 2. The number of fused-ring (bicyclic) bond motifs is 8. The Labute approximate surface area is 326 Å². The zero-order chi connectivity index (χ0) is 37.4. The summed E-state index contributed by atoms with van der Waals surface area (Å²) in [5.41, 5.74) is 18.7. The van der Waals surface area contributed by atoms with Crippen molar-refractivity contribution in [2.75, 3.05) is 4.90 Å². The fraction of sp³-hybridized carbons (Fsp3) is 0.0577. The summed E-state index contributed by atoms with van der Waals surface area (Å²) in [6.07, 6.45) is 0. The molecule has 11 rings (SSSR count). The van der Waals surface area contributed by atoms with Crippen molar-refractivity contribution < 1.29 is 0 Å². The second kappa shape index (κ2) is 12.4. The van der Waals surface area contributed by atoms with Gasteiger partial charge in [0.2, 0.25) is 5.78 Å². The fourth-order valence-corrected chi connectivity index (χ4v) is 8.95. The van der Waals surface area contributed by atoms with E-state index in [2.05, 4.69) is 222 Å². The van der Waals surface area contributed by atoms with Gasteiger partial charge in [-0.05, 0) is 117 Å². The fourth-order valence-electron chi connectivity index (χ4n) is 8.95. The van der Waals surface area contributed by atoms with E-state index < -0.39 is 0 Å². The van der Waals surface area contributed by atoms with Gasteiger partial charge in [-0.3, -0.25) is 8.97 Å². The third-order valence-corrected chi connectivity index (χ3v) is 11.7. The van der Waals surface area contributed by atoms with Gasteiger partial charge in [0.15, 0.2) is 0 Å². The summed E-state index contributed by atoms with van der Waals surface area (Å²) in [7, 11) is 0. The molecule has 266 valence electrons. The Bertz CT molecular complexity index is 3100. The zero-order valence-corrected chi connectivity index (χ0v) is 31.3. The van der Waals surface area contributed by atoms with Crippen molar-refractivity contribution in [3.8, 4) is 39.1 Å². The zero-order valence-electron chi connectivity index (χ0n) is 31.3. The van der Waals surface area contributed by atoms with Crippen LogP contribution in [0.3, 0.4) is 0 Å². The van der Waals surface area contributed by atoms with Crippen LogP contribution in [0.15, 0.2) is 194 Å². The van der Waals surface area contributed by atoms with Crippen LogP contribution in [0.4, 0.5) is 17.1 Å². The van der Waals surface area contributed by atoms with E-state index in [1.165, 1.54) is 33.4 Å². The van der Waals surface area contributed by atoms with Crippen LogP contribution in [0.5, 0.6) is 0 Å². The standard InChI is InChI=1S/C52H38N4/c1-52(2)45-21-10-9-20-43(45)44-30-29-42(34-46(44)52)54(40-27-24-36(25-28-40)35-14-5-3-6-15-35)41-19-13-16-37(32-41)38-26-31-49-50(33-38)56-48-23-12-11-22-47(48)53-51(56)55(49)39-17-7-4-8-18-39/h3-34H,1-2H3. The van der Waals surface area contributed by atoms with Crippen LogP contribution in [-0.4, -0.2) is 14.0 Å². The van der Waals surface area contributed by atoms with Crippen molar-refractivity contribution >= 4 is 44.9 Å². The molecule has 8 aromatic carbocycles. The molecule has 56 heavy (non-hydrogen) atoms. The number of hydrogen-bond donors (Lipinski definition) is 0. The van der Waals surface area contributed by atoms with Gasteiger partial charge >= 0.3 is 0 Å². The average Bonchev–Trinajstić information content (AvgIpc) is 3.86. The average molecular weight is 719 g/mol. The predicted octanol–water partition coefficient (Wildman–Crippen LogP) is 13.5. The Morgan fingerprint density at radius 2 is 1.05 bits per heavy atom. The Morgan fingerprint density at radius 3 is 1.89 bits per heavy atom. The predicted molar refractivity (Wildman–Crippen MR) is 233 cm³/mol. The smallest absolute Gasteiger partial charge is 0.220 e. The molecule has 0 saturated carbocycles. The van der Waals surface area contributed by atoms with Crippen molar-refractivity contribution in [1.82, 2.24) is 14.0 Å². The molecule has 0 amide bonds. The van der Waals surface area contributed by atoms with Crippen LogP contribution >= 0.6 is 0 Å². The molecule has 0 unspecified atom stereocenters. The van der Waals surface area contributed by atoms with Gasteiger partial charge in [-0.25, -0.2) is 4.98 Å². The first-order chi connectivity index (χ1) is 27.5. The van der Waals surface area contributed by atoms with Crippen LogP contribution in [0.25, 0.3) is 66.9 Å². The minimum absolute atomic E-state index is 0.110. The lowest BCUT2D eigenvalue weighted by Gasteiger charge is -2.28. The van der Waals surface area contributed by atoms with Crippen LogP contribution < -0.4 is 4.90 Å². The Hall–Kier alpha value is -7.17. The number of rotatable bonds is 6. The Morgan fingerprint density at radius 1 is 0.429 bits per heavy atom. The topological polar surface area (TPSA) is 25.5 Å². The molecule has 0 saturated heterocycles. The van der Waals surface area contributed by atoms with Crippen molar-refractivity contribution in [2.24, 2.45) is 0 Å². The summed E-state index contributed by atoms with van der Waals surface area (Å²) in [6, 6.07) is 70.2. The lowest BCUT2D eigenvalue weighted by Crippen LogP contribution is -2.16. The number of para-hydroxylation sites is 3. The first-order valence-electron chi connectivity index (χ1n) is 19.3. The lowest BCUT2D eigenvalue weighted by molar-refractivity contribution is 0.660. The highest BCUT2D eigenvalue weighted by Crippen LogP contribution is 2.51. The van der Waals surface area contributed by atoms with Crippen LogP contribution in [-0.2, 0) is 5.41 Å². The van der Waals surface area contributed by atoms with E-state index in [0.29, 0.717) is 0 Å². The first-order valence-corrected chi connectivity index (χ1v) is 19.3. The highest BCUT2D eigenvalue weighted by Gasteiger charge is 2.35. The molecule has 1 aliphatic carbocycles. The molecule has 0 radical (unpaired) electrons. The molecule has 4 nitrogen and oxygen atoms in total. The second-order valence-electron chi connectivity index (χ2n) is 15.3. The van der Waals surface area contributed by atoms with E-state index in [9.17, 15) is 0 Å². The second-order valence-corrected chi connectivity index (χ2v) is 15.3. The Balaban J connectivity index is 1.07. The first kappa shape index (κ1) is 32.3. The third kappa shape index (κ3) is 4.96. The monoisotopic (exact) mass is 718 g/mol. The number of imidazole rings is 2. The van der Waals surface area contributed by atoms with Crippen LogP contribution in [0, 0.1) is 0 Å². The molecule has 0 spiro atoms. The normalized spacial score (nSPS) is 13.0. The lowest BCUT2D eigenvalue weighted by atomic mass is 9.82. The summed E-state index contributed by atoms with van der Waals surface area (Å²) in [4.78, 5) is 7.53. The highest BCUT2D eigenvalue weighted by molar-refractivity contribution is 5.95. The van der Waals surface area contributed by atoms with Gasteiger partial charge in [0.05, 0.1) is 22.1 Å². The van der Waals surface area contributed by atoms with E-state index in [0.717, 1.165) is 61.7 Å². The van der Waals surface area contributed by atoms with Crippen LogP contribution in [0.2, 0.25) is 0 Å². The van der Waals surface area contributed by atoms with Gasteiger partial charge in [0, 0.05) is 28.2 Å². The van der Waals surface area contributed by atoms with Gasteiger partial charge in [-0.2, -0.15) is 0 Å². The van der Waals surface area contributed by atoms with Crippen molar-refractivity contribution in [3.05, 3.63) is 205 Å². The number of benzene rings is 8. The van der Waals surface area contributed by atoms with E-state index in [1.54, 1.807) is 0 Å². The molecule has 2 aromatic heterocycles. The van der Waals surface area contributed by atoms with E-state index in [4.69, 9.17) is 4.98 Å². The molecule has 0 bridgehead atoms. The maximum atomic E-state index is 5.13. The molecule has 0 fully saturated rings. The van der Waals surface area contributed by atoms with Crippen molar-refractivity contribution in [2.45, 2.75) is 19.3 Å². The molecule has 0 aliphatic heterocycles. The van der Waals surface area contributed by atoms with Gasteiger partial charge in [0.25, 0.3) is 0 Å². The summed E-state index contributed by atoms with van der Waals surface area (Å²) in [6.45, 7) is 4.70. The van der Waals surface area contributed by atoms with E-state index in [1.807, 2.05) is 0 Å². The van der Waals surface area contributed by atoms with Gasteiger partial charge in [0.1, 0.15) is 0 Å². The quantitative estimate of drug-likeness (QED) is 0.171. The number of nitrogens with zero attached hydrogens (tertiary/aromatic N) is 4. The summed E-state index contributed by atoms with van der Waals surface area (Å²) in [5.74, 6) is 0.908. The van der Waals surface area contributed by atoms with Crippen LogP contribution in [0.1, 0.15) is 25.0 Å². The SMILES string of the molecule is CC1(C)c2ccccc2-c2ccc(N(c3ccc(-c4ccccc4)cc3)c3cccc(-c4ccc5c(c4)n4c6ccccc6nc4n5-c4ccccc4)c3)cc21. The largest absolute Gasteiger partial charge is 0.310 e. The Kier molecular flexibility index (Phi) is 7.17. The molecule has 4 heteroatoms. The maximum Gasteiger partial charge on any atom is 0.220 e. The molecular weight excluding hydrogens is 681 g/mol. The summed E-state index contributed by atoms with van der Waals surface area (Å²) < 4.78 is 4.57. The van der Waals surface area contributed by atoms with Gasteiger partial charge < -0.3 is 4.90 Å². The summed E-state index contributed by atoms with van der Waals surface area (Å²) in [5, 5.41) is 0. The highest BCUT2D eigenvalue weighted by atomic mass is 15.2.